The van der Waals surface area contributed by atoms with Crippen LogP contribution in [0.2, 0.25) is 0 Å². The molecule has 0 saturated carbocycles. The minimum Gasteiger partial charge on any atom is -0.385 e. The second-order valence-corrected chi connectivity index (χ2v) is 4.85. The molecule has 0 aliphatic rings. The van der Waals surface area contributed by atoms with Gasteiger partial charge in [0.05, 0.1) is 12.1 Å². The van der Waals surface area contributed by atoms with Gasteiger partial charge in [0, 0.05) is 25.0 Å². The van der Waals surface area contributed by atoms with Crippen molar-refractivity contribution in [1.29, 1.82) is 0 Å². The van der Waals surface area contributed by atoms with E-state index in [4.69, 9.17) is 4.74 Å². The highest BCUT2D eigenvalue weighted by atomic mass is 32.1. The van der Waals surface area contributed by atoms with E-state index in [0.717, 1.165) is 17.1 Å². The molecule has 0 atom stereocenters. The molecule has 0 N–H and O–H groups in total. The van der Waals surface area contributed by atoms with Crippen molar-refractivity contribution in [3.63, 3.8) is 0 Å². The highest BCUT2D eigenvalue weighted by Gasteiger charge is 2.08. The second kappa shape index (κ2) is 5.98. The normalized spacial score (nSPS) is 10.6. The van der Waals surface area contributed by atoms with Gasteiger partial charge in [0.15, 0.2) is 0 Å². The summed E-state index contributed by atoms with van der Waals surface area (Å²) in [6, 6.07) is 0. The van der Waals surface area contributed by atoms with E-state index in [-0.39, 0.29) is 5.78 Å². The summed E-state index contributed by atoms with van der Waals surface area (Å²) in [5.74, 6) is 0.251. The predicted octanol–water partition coefficient (Wildman–Crippen LogP) is 2.30. The fraction of sp³-hybridized carbons (Fsp3) is 0.636. The molecule has 1 aromatic heterocycles. The Hall–Kier alpha value is -0.740. The van der Waals surface area contributed by atoms with Gasteiger partial charge in [-0.15, -0.1) is 11.3 Å². The lowest BCUT2D eigenvalue weighted by molar-refractivity contribution is -0.118. The van der Waals surface area contributed by atoms with E-state index in [1.165, 1.54) is 4.88 Å². The van der Waals surface area contributed by atoms with Crippen LogP contribution in [0.1, 0.15) is 28.4 Å². The SMILES string of the molecule is COCCCC(=O)Cc1nc(C)c(C)s1. The first kappa shape index (κ1) is 12.3. The third kappa shape index (κ3) is 4.10. The number of Topliss-reactive ketones (excluding diaryl/α,β-unsaturated/α-hetero) is 1. The van der Waals surface area contributed by atoms with Crippen LogP contribution in [0, 0.1) is 13.8 Å². The van der Waals surface area contributed by atoms with Gasteiger partial charge in [-0.2, -0.15) is 0 Å². The third-order valence-corrected chi connectivity index (χ3v) is 3.30. The zero-order valence-corrected chi connectivity index (χ0v) is 10.3. The van der Waals surface area contributed by atoms with E-state index in [1.807, 2.05) is 13.8 Å². The summed E-state index contributed by atoms with van der Waals surface area (Å²) in [5, 5.41) is 0.937. The summed E-state index contributed by atoms with van der Waals surface area (Å²) >= 11 is 1.62. The number of hydrogen-bond donors (Lipinski definition) is 0. The van der Waals surface area contributed by atoms with Crippen LogP contribution in [-0.2, 0) is 16.0 Å². The number of aromatic nitrogens is 1. The third-order valence-electron chi connectivity index (χ3n) is 2.23. The van der Waals surface area contributed by atoms with Crippen LogP contribution in [-0.4, -0.2) is 24.5 Å². The number of rotatable bonds is 6. The Bertz CT molecular complexity index is 314. The summed E-state index contributed by atoms with van der Waals surface area (Å²) in [7, 11) is 1.65. The molecule has 15 heavy (non-hydrogen) atoms. The standard InChI is InChI=1S/C11H17NO2S/c1-8-9(2)15-11(12-8)7-10(13)5-4-6-14-3/h4-7H2,1-3H3. The van der Waals surface area contributed by atoms with Gasteiger partial charge in [-0.25, -0.2) is 4.98 Å². The molecule has 1 heterocycles. The Morgan fingerprint density at radius 3 is 2.73 bits per heavy atom. The number of aryl methyl sites for hydroxylation is 2. The molecule has 1 rings (SSSR count). The molecule has 0 bridgehead atoms. The first-order valence-corrected chi connectivity index (χ1v) is 5.88. The van der Waals surface area contributed by atoms with Gasteiger partial charge in [-0.05, 0) is 20.3 Å². The molecule has 0 aliphatic heterocycles. The molecule has 3 nitrogen and oxygen atoms in total. The van der Waals surface area contributed by atoms with Crippen molar-refractivity contribution in [2.45, 2.75) is 33.1 Å². The Morgan fingerprint density at radius 2 is 2.20 bits per heavy atom. The van der Waals surface area contributed by atoms with E-state index in [9.17, 15) is 4.79 Å². The smallest absolute Gasteiger partial charge is 0.139 e. The van der Waals surface area contributed by atoms with Crippen LogP contribution in [0.25, 0.3) is 0 Å². The maximum Gasteiger partial charge on any atom is 0.139 e. The Kier molecular flexibility index (Phi) is 4.91. The number of hydrogen-bond acceptors (Lipinski definition) is 4. The van der Waals surface area contributed by atoms with Crippen LogP contribution in [0.3, 0.4) is 0 Å². The zero-order valence-electron chi connectivity index (χ0n) is 9.50. The lowest BCUT2D eigenvalue weighted by Crippen LogP contribution is -2.03. The molecule has 84 valence electrons. The van der Waals surface area contributed by atoms with Crippen molar-refractivity contribution in [2.24, 2.45) is 0 Å². The molecule has 1 aromatic rings. The summed E-state index contributed by atoms with van der Waals surface area (Å²) in [6.45, 7) is 4.66. The Balaban J connectivity index is 2.37. The van der Waals surface area contributed by atoms with E-state index in [1.54, 1.807) is 18.4 Å². The minimum atomic E-state index is 0.251. The predicted molar refractivity (Wildman–Crippen MR) is 61.4 cm³/mol. The van der Waals surface area contributed by atoms with Crippen molar-refractivity contribution in [1.82, 2.24) is 4.98 Å². The van der Waals surface area contributed by atoms with Crippen molar-refractivity contribution in [3.05, 3.63) is 15.6 Å². The molecular formula is C11H17NO2S. The Labute approximate surface area is 94.5 Å². The lowest BCUT2D eigenvalue weighted by atomic mass is 10.2. The second-order valence-electron chi connectivity index (χ2n) is 3.56. The molecule has 0 saturated heterocycles. The van der Waals surface area contributed by atoms with Gasteiger partial charge in [0.25, 0.3) is 0 Å². The van der Waals surface area contributed by atoms with Crippen molar-refractivity contribution in [2.75, 3.05) is 13.7 Å². The first-order valence-electron chi connectivity index (χ1n) is 5.07. The molecule has 0 fully saturated rings. The summed E-state index contributed by atoms with van der Waals surface area (Å²) in [4.78, 5) is 17.1. The average Bonchev–Trinajstić information content (AvgIpc) is 2.46. The average molecular weight is 227 g/mol. The highest BCUT2D eigenvalue weighted by Crippen LogP contribution is 2.17. The summed E-state index contributed by atoms with van der Waals surface area (Å²) in [5.41, 5.74) is 1.04. The lowest BCUT2D eigenvalue weighted by Gasteiger charge is -1.97. The number of methoxy groups -OCH3 is 1. The van der Waals surface area contributed by atoms with Crippen LogP contribution in [0.15, 0.2) is 0 Å². The van der Waals surface area contributed by atoms with Crippen molar-refractivity contribution < 1.29 is 9.53 Å². The van der Waals surface area contributed by atoms with E-state index < -0.39 is 0 Å². The van der Waals surface area contributed by atoms with Crippen molar-refractivity contribution in [3.8, 4) is 0 Å². The van der Waals surface area contributed by atoms with E-state index >= 15 is 0 Å². The molecule has 0 aliphatic carbocycles. The zero-order chi connectivity index (χ0) is 11.3. The monoisotopic (exact) mass is 227 g/mol. The fourth-order valence-electron chi connectivity index (χ4n) is 1.29. The van der Waals surface area contributed by atoms with Gasteiger partial charge < -0.3 is 4.74 Å². The minimum absolute atomic E-state index is 0.251. The van der Waals surface area contributed by atoms with Gasteiger partial charge in [-0.3, -0.25) is 4.79 Å². The van der Waals surface area contributed by atoms with Crippen LogP contribution in [0.4, 0.5) is 0 Å². The summed E-state index contributed by atoms with van der Waals surface area (Å²) in [6.07, 6.45) is 1.87. The van der Waals surface area contributed by atoms with Crippen LogP contribution >= 0.6 is 11.3 Å². The number of nitrogens with zero attached hydrogens (tertiary/aromatic N) is 1. The van der Waals surface area contributed by atoms with E-state index in [0.29, 0.717) is 19.4 Å². The first-order chi connectivity index (χ1) is 7.13. The quantitative estimate of drug-likeness (QED) is 0.700. The van der Waals surface area contributed by atoms with Gasteiger partial charge >= 0.3 is 0 Å². The molecular weight excluding hydrogens is 210 g/mol. The molecule has 0 spiro atoms. The van der Waals surface area contributed by atoms with Gasteiger partial charge in [0.1, 0.15) is 10.8 Å². The number of thiazole rings is 1. The van der Waals surface area contributed by atoms with Crippen LogP contribution in [0.5, 0.6) is 0 Å². The molecule has 0 amide bonds. The largest absolute Gasteiger partial charge is 0.385 e. The summed E-state index contributed by atoms with van der Waals surface area (Å²) < 4.78 is 4.90. The fourth-order valence-corrected chi connectivity index (χ4v) is 2.25. The van der Waals surface area contributed by atoms with Gasteiger partial charge in [-0.1, -0.05) is 0 Å². The molecule has 4 heteroatoms. The molecule has 0 radical (unpaired) electrons. The number of ether oxygens (including phenoxy) is 1. The Morgan fingerprint density at radius 1 is 1.47 bits per heavy atom. The van der Waals surface area contributed by atoms with Crippen LogP contribution < -0.4 is 0 Å². The van der Waals surface area contributed by atoms with Gasteiger partial charge in [0.2, 0.25) is 0 Å². The highest BCUT2D eigenvalue weighted by molar-refractivity contribution is 7.11. The maximum atomic E-state index is 11.5. The maximum absolute atomic E-state index is 11.5. The molecule has 0 aromatic carbocycles. The number of carbonyl (C=O) groups is 1. The van der Waals surface area contributed by atoms with Crippen molar-refractivity contribution >= 4 is 17.1 Å². The number of ketones is 1. The topological polar surface area (TPSA) is 39.2 Å². The van der Waals surface area contributed by atoms with E-state index in [2.05, 4.69) is 4.98 Å². The number of carbonyl (C=O) groups excluding carboxylic acids is 1. The molecule has 0 unspecified atom stereocenters.